The van der Waals surface area contributed by atoms with Crippen molar-refractivity contribution in [2.75, 3.05) is 6.79 Å². The lowest BCUT2D eigenvalue weighted by Gasteiger charge is -2.26. The van der Waals surface area contributed by atoms with Crippen LogP contribution in [0.5, 0.6) is 0 Å². The number of fused-ring (bicyclic) bond motifs is 1. The van der Waals surface area contributed by atoms with Crippen molar-refractivity contribution in [2.24, 2.45) is 17.3 Å². The van der Waals surface area contributed by atoms with Crippen molar-refractivity contribution in [3.8, 4) is 0 Å². The molecular formula is C14H22O6S. The maximum Gasteiger partial charge on any atom is 0.313 e. The molecule has 0 spiro atoms. The first-order valence-corrected chi connectivity index (χ1v) is 8.94. The van der Waals surface area contributed by atoms with Gasteiger partial charge in [0.25, 0.3) is 10.1 Å². The molecule has 3 aliphatic rings. The van der Waals surface area contributed by atoms with Crippen LogP contribution in [0.15, 0.2) is 0 Å². The largest absolute Gasteiger partial charge is 0.438 e. The third-order valence-electron chi connectivity index (χ3n) is 5.30. The lowest BCUT2D eigenvalue weighted by atomic mass is 9.91. The van der Waals surface area contributed by atoms with E-state index in [1.165, 1.54) is 0 Å². The molecule has 5 atom stereocenters. The lowest BCUT2D eigenvalue weighted by Crippen LogP contribution is -2.37. The zero-order valence-corrected chi connectivity index (χ0v) is 13.4. The average Bonchev–Trinajstić information content (AvgIpc) is 3.02. The van der Waals surface area contributed by atoms with Crippen molar-refractivity contribution < 1.29 is 26.9 Å². The van der Waals surface area contributed by atoms with Crippen molar-refractivity contribution in [1.82, 2.24) is 0 Å². The Bertz CT molecular complexity index is 540. The van der Waals surface area contributed by atoms with Gasteiger partial charge in [0.15, 0.2) is 6.79 Å². The van der Waals surface area contributed by atoms with Crippen molar-refractivity contribution in [3.63, 3.8) is 0 Å². The second-order valence-corrected chi connectivity index (χ2v) is 8.69. The van der Waals surface area contributed by atoms with E-state index in [0.29, 0.717) is 12.8 Å². The van der Waals surface area contributed by atoms with Crippen LogP contribution in [0.1, 0.15) is 40.0 Å². The van der Waals surface area contributed by atoms with Crippen LogP contribution in [0.25, 0.3) is 0 Å². The predicted molar refractivity (Wildman–Crippen MR) is 73.7 cm³/mol. The second kappa shape index (κ2) is 4.93. The Morgan fingerprint density at radius 2 is 2.05 bits per heavy atom. The third kappa shape index (κ3) is 2.39. The normalized spacial score (nSPS) is 39.7. The highest BCUT2D eigenvalue weighted by Crippen LogP contribution is 2.55. The lowest BCUT2D eigenvalue weighted by molar-refractivity contribution is -0.177. The van der Waals surface area contributed by atoms with Gasteiger partial charge in [-0.1, -0.05) is 6.92 Å². The van der Waals surface area contributed by atoms with Crippen LogP contribution in [0, 0.1) is 17.3 Å². The van der Waals surface area contributed by atoms with E-state index in [-0.39, 0.29) is 36.0 Å². The summed E-state index contributed by atoms with van der Waals surface area (Å²) in [6.07, 6.45) is 1.44. The molecule has 1 heterocycles. The molecule has 1 aliphatic heterocycles. The number of carbonyl (C=O) groups excluding carboxylic acids is 1. The number of hydrogen-bond acceptors (Lipinski definition) is 6. The minimum Gasteiger partial charge on any atom is -0.438 e. The molecule has 0 N–H and O–H groups in total. The van der Waals surface area contributed by atoms with Gasteiger partial charge in [-0.05, 0) is 39.0 Å². The molecule has 0 radical (unpaired) electrons. The second-order valence-electron chi connectivity index (χ2n) is 6.91. The van der Waals surface area contributed by atoms with Gasteiger partial charge in [0.1, 0.15) is 6.10 Å². The van der Waals surface area contributed by atoms with Gasteiger partial charge in [-0.15, -0.1) is 0 Å². The van der Waals surface area contributed by atoms with Gasteiger partial charge in [-0.25, -0.2) is 0 Å². The Morgan fingerprint density at radius 1 is 1.33 bits per heavy atom. The van der Waals surface area contributed by atoms with Gasteiger partial charge < -0.3 is 9.47 Å². The Labute approximate surface area is 125 Å². The van der Waals surface area contributed by atoms with Gasteiger partial charge in [0.2, 0.25) is 0 Å². The van der Waals surface area contributed by atoms with Crippen molar-refractivity contribution in [2.45, 2.75) is 57.5 Å². The summed E-state index contributed by atoms with van der Waals surface area (Å²) in [5.74, 6) is -0.0565. The van der Waals surface area contributed by atoms with Gasteiger partial charge in [0, 0.05) is 5.92 Å². The van der Waals surface area contributed by atoms with Crippen LogP contribution in [-0.4, -0.2) is 38.6 Å². The van der Waals surface area contributed by atoms with Crippen molar-refractivity contribution in [3.05, 3.63) is 0 Å². The van der Waals surface area contributed by atoms with Crippen LogP contribution in [-0.2, 0) is 28.6 Å². The van der Waals surface area contributed by atoms with Gasteiger partial charge in [0.05, 0.1) is 16.8 Å². The summed E-state index contributed by atoms with van der Waals surface area (Å²) in [5.41, 5.74) is -0.531. The molecule has 0 amide bonds. The predicted octanol–water partition coefficient (Wildman–Crippen LogP) is 1.45. The van der Waals surface area contributed by atoms with Gasteiger partial charge in [-0.2, -0.15) is 8.42 Å². The summed E-state index contributed by atoms with van der Waals surface area (Å²) in [7, 11) is -3.42. The highest BCUT2D eigenvalue weighted by atomic mass is 32.2. The molecular weight excluding hydrogens is 296 g/mol. The number of rotatable bonds is 5. The maximum atomic E-state index is 11.9. The zero-order valence-electron chi connectivity index (χ0n) is 12.6. The van der Waals surface area contributed by atoms with Gasteiger partial charge in [-0.3, -0.25) is 8.98 Å². The van der Waals surface area contributed by atoms with Crippen molar-refractivity contribution >= 4 is 16.1 Å². The van der Waals surface area contributed by atoms with Crippen LogP contribution < -0.4 is 0 Å². The quantitative estimate of drug-likeness (QED) is 0.434. The minimum absolute atomic E-state index is 0.0489. The number of ether oxygens (including phenoxy) is 2. The molecule has 3 fully saturated rings. The van der Waals surface area contributed by atoms with E-state index in [4.69, 9.17) is 13.7 Å². The van der Waals surface area contributed by atoms with E-state index < -0.39 is 21.6 Å². The SMILES string of the molecule is CCC(C)(C)C(=O)OCOC1C2CC3C1OS(=O)(=O)C3C2. The minimum atomic E-state index is -3.42. The fourth-order valence-electron chi connectivity index (χ4n) is 3.62. The van der Waals surface area contributed by atoms with E-state index in [1.54, 1.807) is 0 Å². The molecule has 0 aromatic heterocycles. The average molecular weight is 318 g/mol. The molecule has 2 aliphatic carbocycles. The fourth-order valence-corrected chi connectivity index (χ4v) is 5.50. The first-order valence-electron chi connectivity index (χ1n) is 7.47. The van der Waals surface area contributed by atoms with Crippen molar-refractivity contribution in [1.29, 1.82) is 0 Å². The van der Waals surface area contributed by atoms with Crippen LogP contribution in [0.4, 0.5) is 0 Å². The topological polar surface area (TPSA) is 78.9 Å². The Kier molecular flexibility index (Phi) is 3.58. The molecule has 7 heteroatoms. The van der Waals surface area contributed by atoms with E-state index in [9.17, 15) is 13.2 Å². The highest BCUT2D eigenvalue weighted by molar-refractivity contribution is 7.87. The third-order valence-corrected chi connectivity index (χ3v) is 7.08. The highest BCUT2D eigenvalue weighted by Gasteiger charge is 2.64. The summed E-state index contributed by atoms with van der Waals surface area (Å²) in [6, 6.07) is 0. The Balaban J connectivity index is 1.56. The molecule has 2 saturated carbocycles. The van der Waals surface area contributed by atoms with Crippen LogP contribution >= 0.6 is 0 Å². The standard InChI is InChI=1S/C14H22O6S/c1-4-14(2,3)13(15)19-7-18-11-8-5-9-10(6-8)21(16,17)20-12(9)11/h8-12H,4-7H2,1-3H3. The number of esters is 1. The van der Waals surface area contributed by atoms with Crippen LogP contribution in [0.3, 0.4) is 0 Å². The van der Waals surface area contributed by atoms with E-state index in [2.05, 4.69) is 0 Å². The monoisotopic (exact) mass is 318 g/mol. The van der Waals surface area contributed by atoms with E-state index in [1.807, 2.05) is 20.8 Å². The molecule has 5 unspecified atom stereocenters. The zero-order chi connectivity index (χ0) is 15.4. The first-order chi connectivity index (χ1) is 9.76. The summed E-state index contributed by atoms with van der Waals surface area (Å²) in [4.78, 5) is 11.9. The molecule has 120 valence electrons. The summed E-state index contributed by atoms with van der Waals surface area (Å²) in [6.45, 7) is 5.43. The smallest absolute Gasteiger partial charge is 0.313 e. The fraction of sp³-hybridized carbons (Fsp3) is 0.929. The Morgan fingerprint density at radius 3 is 2.71 bits per heavy atom. The molecule has 6 nitrogen and oxygen atoms in total. The molecule has 0 aromatic rings. The molecule has 21 heavy (non-hydrogen) atoms. The molecule has 3 rings (SSSR count). The molecule has 0 aromatic carbocycles. The van der Waals surface area contributed by atoms with E-state index in [0.717, 1.165) is 6.42 Å². The number of hydrogen-bond donors (Lipinski definition) is 0. The van der Waals surface area contributed by atoms with E-state index >= 15 is 0 Å². The van der Waals surface area contributed by atoms with Crippen LogP contribution in [0.2, 0.25) is 0 Å². The maximum absolute atomic E-state index is 11.9. The number of carbonyl (C=O) groups is 1. The Hall–Kier alpha value is -0.660. The first kappa shape index (κ1) is 15.2. The summed E-state index contributed by atoms with van der Waals surface area (Å²) in [5, 5.41) is -0.353. The summed E-state index contributed by atoms with van der Waals surface area (Å²) < 4.78 is 39.6. The van der Waals surface area contributed by atoms with Gasteiger partial charge >= 0.3 is 5.97 Å². The molecule has 2 bridgehead atoms. The molecule has 1 saturated heterocycles. The summed E-state index contributed by atoms with van der Waals surface area (Å²) >= 11 is 0.